The molecule has 9 N–H and O–H groups in total. The first-order valence-electron chi connectivity index (χ1n) is 26.1. The molecule has 0 atom stereocenters. The van der Waals surface area contributed by atoms with Crippen LogP contribution in [0.4, 0.5) is 0 Å². The van der Waals surface area contributed by atoms with E-state index in [1.165, 1.54) is 21.8 Å². The highest BCUT2D eigenvalue weighted by atomic mass is 32.1. The topological polar surface area (TPSA) is 210 Å². The minimum atomic E-state index is -0.804. The molecular formula is C61H78O12S3. The number of allylic oxidation sites excluding steroid dienone is 5. The van der Waals surface area contributed by atoms with Crippen LogP contribution in [0, 0.1) is 0 Å². The first kappa shape index (κ1) is 61.7. The Morgan fingerprint density at radius 1 is 0.500 bits per heavy atom. The van der Waals surface area contributed by atoms with Gasteiger partial charge in [-0.1, -0.05) is 78.0 Å². The van der Waals surface area contributed by atoms with Gasteiger partial charge >= 0.3 is 0 Å². The molecule has 0 amide bonds. The zero-order valence-electron chi connectivity index (χ0n) is 44.8. The van der Waals surface area contributed by atoms with Gasteiger partial charge < -0.3 is 60.2 Å². The molecule has 0 spiro atoms. The molecule has 0 bridgehead atoms. The molecule has 15 heteroatoms. The number of hydrogen-bond acceptors (Lipinski definition) is 15. The van der Waals surface area contributed by atoms with Gasteiger partial charge in [-0.05, 0) is 161 Å². The number of aromatic hydroxyl groups is 1. The van der Waals surface area contributed by atoms with Crippen LogP contribution >= 0.6 is 34.0 Å². The Labute approximate surface area is 460 Å². The molecule has 12 nitrogen and oxygen atoms in total. The lowest BCUT2D eigenvalue weighted by molar-refractivity contribution is 0.0251. The molecule has 0 aliphatic heterocycles. The fraction of sp³-hybridized carbons (Fsp3) is 0.410. The van der Waals surface area contributed by atoms with Crippen LogP contribution in [0.5, 0.6) is 23.0 Å². The lowest BCUT2D eigenvalue weighted by atomic mass is 9.87. The van der Waals surface area contributed by atoms with Crippen LogP contribution in [0.25, 0.3) is 16.7 Å². The summed E-state index contributed by atoms with van der Waals surface area (Å²) in [7, 11) is 0. The minimum absolute atomic E-state index is 0.0987. The van der Waals surface area contributed by atoms with Crippen molar-refractivity contribution in [1.29, 1.82) is 0 Å². The smallest absolute Gasteiger partial charge is 0.140 e. The summed E-state index contributed by atoms with van der Waals surface area (Å²) in [4.78, 5) is 3.02. The van der Waals surface area contributed by atoms with Crippen molar-refractivity contribution in [2.24, 2.45) is 0 Å². The number of ether oxygens (including phenoxy) is 3. The molecule has 0 aliphatic carbocycles. The lowest BCUT2D eigenvalue weighted by Crippen LogP contribution is -2.26. The second kappa shape index (κ2) is 30.7. The monoisotopic (exact) mass is 1100 g/mol. The van der Waals surface area contributed by atoms with Gasteiger partial charge in [-0.15, -0.1) is 34.0 Å². The highest BCUT2D eigenvalue weighted by molar-refractivity contribution is 7.12. The van der Waals surface area contributed by atoms with Crippen LogP contribution in [0.15, 0.2) is 101 Å². The Balaban J connectivity index is 0.000000315. The van der Waals surface area contributed by atoms with Gasteiger partial charge in [-0.3, -0.25) is 0 Å². The molecule has 3 aromatic carbocycles. The number of benzene rings is 3. The molecule has 3 aromatic heterocycles. The van der Waals surface area contributed by atoms with Crippen LogP contribution < -0.4 is 14.2 Å². The van der Waals surface area contributed by atoms with Gasteiger partial charge in [-0.25, -0.2) is 0 Å². The Morgan fingerprint density at radius 2 is 0.961 bits per heavy atom. The Kier molecular flexibility index (Phi) is 24.9. The summed E-state index contributed by atoms with van der Waals surface area (Å²) in [6, 6.07) is 20.0. The SMILES string of the molecule is CC/C(=C(\CCC(O)(CC)CC)c1scc(COc2ccc(CO)c(CO)c2)c1O)c1cc(COc2ccc(CO)c(CO)c2)cs1.CC/C(=C\C=C\C(O)(CC)CC)c1cc(COc2ccc(CO)c(CO)c2)cs1. The van der Waals surface area contributed by atoms with E-state index in [4.69, 9.17) is 14.2 Å². The zero-order chi connectivity index (χ0) is 55.3. The van der Waals surface area contributed by atoms with Crippen molar-refractivity contribution in [3.05, 3.63) is 166 Å². The third-order valence-electron chi connectivity index (χ3n) is 14.0. The van der Waals surface area contributed by atoms with Crippen LogP contribution in [-0.2, 0) is 59.5 Å². The van der Waals surface area contributed by atoms with Crippen molar-refractivity contribution in [1.82, 2.24) is 0 Å². The van der Waals surface area contributed by atoms with Crippen LogP contribution in [-0.4, -0.2) is 57.2 Å². The van der Waals surface area contributed by atoms with E-state index in [2.05, 4.69) is 42.8 Å². The molecule has 0 aliphatic rings. The largest absolute Gasteiger partial charge is 0.506 e. The fourth-order valence-corrected chi connectivity index (χ4v) is 11.6. The fourth-order valence-electron chi connectivity index (χ4n) is 8.51. The van der Waals surface area contributed by atoms with Gasteiger partial charge in [0, 0.05) is 31.8 Å². The van der Waals surface area contributed by atoms with Crippen molar-refractivity contribution in [3.63, 3.8) is 0 Å². The normalized spacial score (nSPS) is 12.5. The summed E-state index contributed by atoms with van der Waals surface area (Å²) in [5, 5.41) is 96.1. The zero-order valence-corrected chi connectivity index (χ0v) is 47.3. The van der Waals surface area contributed by atoms with Crippen molar-refractivity contribution in [2.75, 3.05) is 0 Å². The number of hydrogen-bond donors (Lipinski definition) is 9. The third-order valence-corrected chi connectivity index (χ3v) is 17.1. The minimum Gasteiger partial charge on any atom is -0.506 e. The van der Waals surface area contributed by atoms with E-state index in [9.17, 15) is 46.0 Å². The molecule has 412 valence electrons. The van der Waals surface area contributed by atoms with Crippen molar-refractivity contribution in [3.8, 4) is 23.0 Å². The molecule has 3 heterocycles. The second-order valence-corrected chi connectivity index (χ2v) is 21.3. The third kappa shape index (κ3) is 16.9. The molecular weight excluding hydrogens is 1020 g/mol. The molecule has 6 aromatic rings. The van der Waals surface area contributed by atoms with Crippen LogP contribution in [0.1, 0.15) is 158 Å². The van der Waals surface area contributed by atoms with E-state index in [-0.39, 0.29) is 52.0 Å². The predicted molar refractivity (Wildman–Crippen MR) is 307 cm³/mol. The van der Waals surface area contributed by atoms with Crippen molar-refractivity contribution < 1.29 is 60.2 Å². The Bertz CT molecular complexity index is 2830. The van der Waals surface area contributed by atoms with Gasteiger partial charge in [0.1, 0.15) is 42.8 Å². The maximum absolute atomic E-state index is 11.5. The van der Waals surface area contributed by atoms with E-state index >= 15 is 0 Å². The van der Waals surface area contributed by atoms with Gasteiger partial charge in [0.25, 0.3) is 0 Å². The molecule has 0 fully saturated rings. The van der Waals surface area contributed by atoms with Gasteiger partial charge in [0.05, 0.1) is 55.7 Å². The molecule has 76 heavy (non-hydrogen) atoms. The lowest BCUT2D eigenvalue weighted by Gasteiger charge is -2.26. The number of rotatable bonds is 29. The Morgan fingerprint density at radius 3 is 1.39 bits per heavy atom. The van der Waals surface area contributed by atoms with Gasteiger partial charge in [0.2, 0.25) is 0 Å². The average molecular weight is 1100 g/mol. The standard InChI is InChI=1S/C37H46O8S2.C24H32O4S/c1-4-32(34-13-24(22-46-34)20-44-30-9-7-25(16-38)27(14-30)18-40)33(11-12-37(43,5-2)6-3)36-35(42)29(23-47-36)21-45-31-10-8-26(17-39)28(15-31)19-41;1-4-19(8-7-11-24(27,5-2)6-3)23-12-18(17-29-23)16-28-22-10-9-20(14-25)21(13-22)15-26/h7-10,13-15,22-23,38-43H,4-6,11-12,16-21H2,1-3H3;7-13,17,25-27H,4-6,14-16H2,1-3H3/b33-32-;11-7+,19-8+. The first-order valence-corrected chi connectivity index (χ1v) is 28.7. The van der Waals surface area contributed by atoms with E-state index in [0.717, 1.165) is 44.9 Å². The van der Waals surface area contributed by atoms with Crippen LogP contribution in [0.2, 0.25) is 0 Å². The van der Waals surface area contributed by atoms with Crippen LogP contribution in [0.3, 0.4) is 0 Å². The van der Waals surface area contributed by atoms with Gasteiger partial charge in [-0.2, -0.15) is 0 Å². The Hall–Kier alpha value is -5.14. The second-order valence-electron chi connectivity index (χ2n) is 18.6. The van der Waals surface area contributed by atoms with Crippen molar-refractivity contribution in [2.45, 2.75) is 164 Å². The molecule has 6 rings (SSSR count). The maximum atomic E-state index is 11.5. The highest BCUT2D eigenvalue weighted by Gasteiger charge is 2.26. The molecule has 0 saturated heterocycles. The quantitative estimate of drug-likeness (QED) is 0.0201. The number of aliphatic hydroxyl groups is 8. The first-order chi connectivity index (χ1) is 36.7. The number of thiophene rings is 3. The molecule has 0 unspecified atom stereocenters. The van der Waals surface area contributed by atoms with E-state index < -0.39 is 11.2 Å². The summed E-state index contributed by atoms with van der Waals surface area (Å²) < 4.78 is 17.9. The van der Waals surface area contributed by atoms with Crippen molar-refractivity contribution >= 4 is 50.7 Å². The summed E-state index contributed by atoms with van der Waals surface area (Å²) in [6.45, 7) is 12.2. The average Bonchev–Trinajstić information content (AvgIpc) is 4.24. The summed E-state index contributed by atoms with van der Waals surface area (Å²) >= 11 is 4.75. The summed E-state index contributed by atoms with van der Waals surface area (Å²) in [5.41, 5.74) is 8.42. The van der Waals surface area contributed by atoms with E-state index in [1.54, 1.807) is 71.2 Å². The van der Waals surface area contributed by atoms with E-state index in [0.29, 0.717) is 108 Å². The predicted octanol–water partition coefficient (Wildman–Crippen LogP) is 12.5. The molecule has 0 saturated carbocycles. The number of aliphatic hydroxyl groups excluding tert-OH is 6. The van der Waals surface area contributed by atoms with E-state index in [1.807, 2.05) is 51.3 Å². The summed E-state index contributed by atoms with van der Waals surface area (Å²) in [6.07, 6.45) is 11.4. The summed E-state index contributed by atoms with van der Waals surface area (Å²) in [5.74, 6) is 1.98. The van der Waals surface area contributed by atoms with Gasteiger partial charge in [0.15, 0.2) is 0 Å². The molecule has 0 radical (unpaired) electrons. The maximum Gasteiger partial charge on any atom is 0.140 e. The highest BCUT2D eigenvalue weighted by Crippen LogP contribution is 2.45.